The Morgan fingerprint density at radius 3 is 2.88 bits per heavy atom. The molecule has 0 aromatic rings. The minimum absolute atomic E-state index is 0.184. The Labute approximate surface area is 66.2 Å². The molecule has 0 aliphatic heterocycles. The maximum absolute atomic E-state index is 7.26. The van der Waals surface area contributed by atoms with Gasteiger partial charge in [0.2, 0.25) is 0 Å². The summed E-state index contributed by atoms with van der Waals surface area (Å²) in [5, 5.41) is 0. The van der Waals surface area contributed by atoms with E-state index < -0.39 is 18.6 Å². The largest absolute Gasteiger partial charge is 0.330 e. The van der Waals surface area contributed by atoms with Gasteiger partial charge < -0.3 is 5.73 Å². The van der Waals surface area contributed by atoms with Gasteiger partial charge in [0, 0.05) is 24.8 Å². The Morgan fingerprint density at radius 1 is 1.62 bits per heavy atom. The average molecular weight is 156 g/mol. The molecule has 0 saturated carbocycles. The summed E-state index contributed by atoms with van der Waals surface area (Å²) in [6.45, 7) is 0.129. The summed E-state index contributed by atoms with van der Waals surface area (Å²) in [5.74, 6) is 0.184. The minimum Gasteiger partial charge on any atom is -0.330 e. The molecule has 0 aliphatic rings. The van der Waals surface area contributed by atoms with Gasteiger partial charge in [0.25, 0.3) is 0 Å². The van der Waals surface area contributed by atoms with E-state index in [0.717, 1.165) is 21.6 Å². The summed E-state index contributed by atoms with van der Waals surface area (Å²) >= 11 is 0. The molecule has 50 valence electrons. The third-order valence-corrected chi connectivity index (χ3v) is 2.13. The van der Waals surface area contributed by atoms with Gasteiger partial charge in [-0.1, -0.05) is 28.5 Å². The Bertz CT molecular complexity index is 157. The second kappa shape index (κ2) is 7.66. The normalized spacial score (nSPS) is 26.5. The molecule has 1 atom stereocenters. The van der Waals surface area contributed by atoms with Crippen LogP contribution in [0.5, 0.6) is 0 Å². The molecule has 0 aliphatic carbocycles. The summed E-state index contributed by atoms with van der Waals surface area (Å²) in [4.78, 5) is 0. The van der Waals surface area contributed by atoms with E-state index in [1.54, 1.807) is 0 Å². The van der Waals surface area contributed by atoms with E-state index in [4.69, 9.17) is 12.6 Å². The molecule has 0 spiro atoms. The molecule has 0 radical (unpaired) electrons. The zero-order valence-corrected chi connectivity index (χ0v) is 6.31. The molecule has 2 N–H and O–H groups in total. The highest BCUT2D eigenvalue weighted by Gasteiger charge is 1.83. The third kappa shape index (κ3) is 6.66. The van der Waals surface area contributed by atoms with Crippen molar-refractivity contribution in [1.29, 1.82) is 0 Å². The third-order valence-electron chi connectivity index (χ3n) is 0.378. The highest BCUT2D eigenvalue weighted by molar-refractivity contribution is 8.76. The zero-order valence-electron chi connectivity index (χ0n) is 9.68. The second-order valence-corrected chi connectivity index (χ2v) is 3.12. The lowest BCUT2D eigenvalue weighted by Crippen LogP contribution is -1.99. The molecular formula is C5H13NS2. The first-order valence-corrected chi connectivity index (χ1v) is 4.45. The van der Waals surface area contributed by atoms with Gasteiger partial charge in [0.1, 0.15) is 0 Å². The Balaban J connectivity index is 3.77. The van der Waals surface area contributed by atoms with Crippen molar-refractivity contribution in [1.82, 2.24) is 0 Å². The van der Waals surface area contributed by atoms with Crippen molar-refractivity contribution in [3.63, 3.8) is 0 Å². The number of hydrogen-bond donors (Lipinski definition) is 1. The molecule has 0 aromatic heterocycles. The highest BCUT2D eigenvalue weighted by atomic mass is 33.1. The maximum Gasteiger partial charge on any atom is 0.0434 e. The van der Waals surface area contributed by atoms with Crippen LogP contribution in [0.25, 0.3) is 0 Å². The monoisotopic (exact) mass is 156 g/mol. The Hall–Kier alpha value is 0.660. The first-order chi connectivity index (χ1) is 5.65. The minimum atomic E-state index is -1.82. The summed E-state index contributed by atoms with van der Waals surface area (Å²) in [6.07, 6.45) is -1.32. The van der Waals surface area contributed by atoms with Crippen LogP contribution in [0.15, 0.2) is 0 Å². The maximum atomic E-state index is 7.26. The van der Waals surface area contributed by atoms with Crippen LogP contribution in [0.1, 0.15) is 20.2 Å². The molecule has 0 amide bonds. The first kappa shape index (κ1) is 3.17. The van der Waals surface area contributed by atoms with Gasteiger partial charge in [-0.15, -0.1) is 0 Å². The van der Waals surface area contributed by atoms with Gasteiger partial charge in [0.05, 0.1) is 0 Å². The van der Waals surface area contributed by atoms with Crippen molar-refractivity contribution < 1.29 is 6.85 Å². The van der Waals surface area contributed by atoms with Crippen LogP contribution in [0.4, 0.5) is 0 Å². The molecule has 1 unspecified atom stereocenters. The van der Waals surface area contributed by atoms with Crippen LogP contribution in [0.2, 0.25) is 0 Å². The fourth-order valence-corrected chi connectivity index (χ4v) is 1.35. The first-order valence-electron chi connectivity index (χ1n) is 4.71. The lowest BCUT2D eigenvalue weighted by molar-refractivity contribution is 1.11. The highest BCUT2D eigenvalue weighted by Crippen LogP contribution is 2.20. The van der Waals surface area contributed by atoms with Crippen LogP contribution in [0, 0.1) is 0 Å². The molecule has 0 aromatic carbocycles. The predicted molar refractivity (Wildman–Crippen MR) is 44.3 cm³/mol. The lowest BCUT2D eigenvalue weighted by Gasteiger charge is -1.93. The second-order valence-electron chi connectivity index (χ2n) is 0.984. The van der Waals surface area contributed by atoms with Gasteiger partial charge >= 0.3 is 0 Å². The van der Waals surface area contributed by atoms with Gasteiger partial charge in [0.15, 0.2) is 0 Å². The quantitative estimate of drug-likeness (QED) is 0.614. The van der Waals surface area contributed by atoms with E-state index in [0.29, 0.717) is 0 Å². The summed E-state index contributed by atoms with van der Waals surface area (Å²) in [7, 11) is 1.87. The molecular weight excluding hydrogens is 138 g/mol. The Kier molecular flexibility index (Phi) is 3.04. The number of rotatable bonds is 5. The molecule has 1 nitrogen and oxygen atoms in total. The molecule has 0 rings (SSSR count). The van der Waals surface area contributed by atoms with E-state index in [-0.39, 0.29) is 5.75 Å². The van der Waals surface area contributed by atoms with Crippen LogP contribution in [0.3, 0.4) is 0 Å². The van der Waals surface area contributed by atoms with Crippen molar-refractivity contribution in [2.45, 2.75) is 13.3 Å². The Morgan fingerprint density at radius 2 is 2.38 bits per heavy atom. The summed E-state index contributed by atoms with van der Waals surface area (Å²) in [5.41, 5.74) is 3.26. The van der Waals surface area contributed by atoms with Crippen molar-refractivity contribution in [3.8, 4) is 0 Å². The smallest absolute Gasteiger partial charge is 0.0434 e. The molecule has 0 bridgehead atoms. The van der Waals surface area contributed by atoms with Crippen molar-refractivity contribution in [2.75, 3.05) is 18.0 Å². The van der Waals surface area contributed by atoms with E-state index in [1.165, 1.54) is 6.92 Å². The summed E-state index contributed by atoms with van der Waals surface area (Å²) < 4.78 is 35.9. The van der Waals surface area contributed by atoms with Gasteiger partial charge in [-0.05, 0) is 6.37 Å². The zero-order chi connectivity index (χ0) is 10.7. The summed E-state index contributed by atoms with van der Waals surface area (Å²) in [6, 6.07) is 0. The number of nitrogens with two attached hydrogens (primary N) is 1. The van der Waals surface area contributed by atoms with Gasteiger partial charge in [-0.3, -0.25) is 0 Å². The molecule has 0 heterocycles. The predicted octanol–water partition coefficient (Wildman–Crippen LogP) is 1.74. The number of hydrogen-bond acceptors (Lipinski definition) is 3. The van der Waals surface area contributed by atoms with Crippen LogP contribution in [-0.4, -0.2) is 18.0 Å². The van der Waals surface area contributed by atoms with E-state index >= 15 is 0 Å². The lowest BCUT2D eigenvalue weighted by atomic mass is 10.6. The molecule has 3 heteroatoms. The van der Waals surface area contributed by atoms with E-state index in [1.807, 2.05) is 0 Å². The van der Waals surface area contributed by atoms with Crippen molar-refractivity contribution >= 4 is 21.6 Å². The molecule has 0 saturated heterocycles. The average Bonchev–Trinajstić information content (AvgIpc) is 1.82. The fraction of sp³-hybridized carbons (Fsp3) is 1.00. The van der Waals surface area contributed by atoms with E-state index in [9.17, 15) is 0 Å². The van der Waals surface area contributed by atoms with E-state index in [2.05, 4.69) is 0 Å². The SMILES string of the molecule is [2H]C(N)C([2H])([2H])SSCC([2H])([2H])C. The van der Waals surface area contributed by atoms with Crippen LogP contribution in [-0.2, 0) is 0 Å². The molecule has 0 fully saturated rings. The van der Waals surface area contributed by atoms with Gasteiger partial charge in [-0.25, -0.2) is 0 Å². The van der Waals surface area contributed by atoms with Crippen molar-refractivity contribution in [3.05, 3.63) is 0 Å². The topological polar surface area (TPSA) is 26.0 Å². The van der Waals surface area contributed by atoms with Crippen molar-refractivity contribution in [2.24, 2.45) is 5.73 Å². The van der Waals surface area contributed by atoms with Gasteiger partial charge in [-0.2, -0.15) is 0 Å². The van der Waals surface area contributed by atoms with Crippen LogP contribution >= 0.6 is 21.6 Å². The fourth-order valence-electron chi connectivity index (χ4n) is 0.150. The molecule has 8 heavy (non-hydrogen) atoms. The standard InChI is InChI=1S/C5H13NS2/c1-2-4-7-8-5-3-6/h2-6H2,1H3/i2D2,3D,5D2. The van der Waals surface area contributed by atoms with Crippen LogP contribution < -0.4 is 5.73 Å².